The zero-order valence-electron chi connectivity index (χ0n) is 16.5. The molecule has 0 spiro atoms. The predicted octanol–water partition coefficient (Wildman–Crippen LogP) is 6.06. The molecule has 0 atom stereocenters. The van der Waals surface area contributed by atoms with Crippen molar-refractivity contribution in [2.24, 2.45) is 0 Å². The fourth-order valence-corrected chi connectivity index (χ4v) is 5.40. The molecule has 0 fully saturated rings. The molecule has 3 aromatic rings. The van der Waals surface area contributed by atoms with Crippen LogP contribution in [-0.2, 0) is 0 Å². The molecule has 5 nitrogen and oxygen atoms in total. The summed E-state index contributed by atoms with van der Waals surface area (Å²) in [5.41, 5.74) is 3.35. The van der Waals surface area contributed by atoms with E-state index in [4.69, 9.17) is 0 Å². The third-order valence-electron chi connectivity index (χ3n) is 4.97. The molecule has 1 aliphatic rings. The van der Waals surface area contributed by atoms with Gasteiger partial charge in [0, 0.05) is 6.54 Å². The standard InChI is InChI=1S/C22H24FN3O2S.ClH/c1-24-14-7-15-25-21-13-12-18(17-8-3-2-4-9-17)16-22(21)26(29(25,27)28)20-11-6-5-10-19(20)23;/h2-6,8-13,16,24,27-28H,7,14-15H2,1H3;1H. The molecule has 160 valence electrons. The molecule has 4 rings (SSSR count). The van der Waals surface area contributed by atoms with Crippen molar-refractivity contribution in [3.8, 4) is 11.1 Å². The van der Waals surface area contributed by atoms with Crippen LogP contribution in [0.15, 0.2) is 72.8 Å². The van der Waals surface area contributed by atoms with Gasteiger partial charge >= 0.3 is 0 Å². The van der Waals surface area contributed by atoms with Gasteiger partial charge in [-0.25, -0.2) is 8.70 Å². The van der Waals surface area contributed by atoms with Crippen molar-refractivity contribution in [3.63, 3.8) is 0 Å². The molecule has 1 heterocycles. The van der Waals surface area contributed by atoms with Crippen LogP contribution in [0.1, 0.15) is 6.42 Å². The lowest BCUT2D eigenvalue weighted by atomic mass is 10.0. The lowest BCUT2D eigenvalue weighted by Gasteiger charge is -2.43. The fourth-order valence-electron chi connectivity index (χ4n) is 3.59. The van der Waals surface area contributed by atoms with Crippen LogP contribution in [0.5, 0.6) is 0 Å². The summed E-state index contributed by atoms with van der Waals surface area (Å²) in [6, 6.07) is 21.8. The van der Waals surface area contributed by atoms with Gasteiger partial charge in [0.25, 0.3) is 0 Å². The second-order valence-corrected chi connectivity index (χ2v) is 8.65. The van der Waals surface area contributed by atoms with Crippen LogP contribution >= 0.6 is 23.4 Å². The maximum absolute atomic E-state index is 14.7. The van der Waals surface area contributed by atoms with Gasteiger partial charge in [-0.1, -0.05) is 48.5 Å². The van der Waals surface area contributed by atoms with Gasteiger partial charge in [0.2, 0.25) is 0 Å². The Kier molecular flexibility index (Phi) is 6.90. The first-order valence-corrected chi connectivity index (χ1v) is 10.9. The summed E-state index contributed by atoms with van der Waals surface area (Å²) < 4.78 is 39.9. The Bertz CT molecular complexity index is 1010. The van der Waals surface area contributed by atoms with Crippen LogP contribution in [0.3, 0.4) is 0 Å². The second kappa shape index (κ2) is 9.24. The quantitative estimate of drug-likeness (QED) is 0.399. The van der Waals surface area contributed by atoms with E-state index in [1.54, 1.807) is 22.5 Å². The van der Waals surface area contributed by atoms with E-state index in [1.165, 1.54) is 10.4 Å². The lowest BCUT2D eigenvalue weighted by Crippen LogP contribution is -2.33. The molecule has 0 saturated carbocycles. The Morgan fingerprint density at radius 1 is 0.867 bits per heavy atom. The summed E-state index contributed by atoms with van der Waals surface area (Å²) in [7, 11) is -1.59. The van der Waals surface area contributed by atoms with Crippen molar-refractivity contribution in [2.75, 3.05) is 28.7 Å². The number of benzene rings is 3. The Morgan fingerprint density at radius 3 is 2.27 bits per heavy atom. The summed E-state index contributed by atoms with van der Waals surface area (Å²) in [4.78, 5) is 0. The molecule has 0 unspecified atom stereocenters. The molecule has 0 aliphatic carbocycles. The van der Waals surface area contributed by atoms with Crippen molar-refractivity contribution in [1.82, 2.24) is 5.32 Å². The normalized spacial score (nSPS) is 15.5. The third kappa shape index (κ3) is 3.99. The van der Waals surface area contributed by atoms with Crippen molar-refractivity contribution >= 4 is 40.4 Å². The van der Waals surface area contributed by atoms with Crippen molar-refractivity contribution in [1.29, 1.82) is 0 Å². The number of halogens is 2. The largest absolute Gasteiger partial charge is 0.320 e. The third-order valence-corrected chi connectivity index (χ3v) is 6.82. The summed E-state index contributed by atoms with van der Waals surface area (Å²) >= 11 is 0. The average molecular weight is 450 g/mol. The second-order valence-electron chi connectivity index (χ2n) is 6.86. The number of hydrogen-bond donors (Lipinski definition) is 3. The van der Waals surface area contributed by atoms with Crippen LogP contribution in [0, 0.1) is 5.82 Å². The van der Waals surface area contributed by atoms with E-state index in [0.29, 0.717) is 17.9 Å². The van der Waals surface area contributed by atoms with Gasteiger partial charge in [-0.3, -0.25) is 13.4 Å². The number of para-hydroxylation sites is 1. The molecule has 0 bridgehead atoms. The van der Waals surface area contributed by atoms with Crippen LogP contribution in [-0.4, -0.2) is 29.2 Å². The first-order valence-electron chi connectivity index (χ1n) is 9.49. The minimum atomic E-state index is -3.44. The molecule has 0 saturated heterocycles. The number of anilines is 3. The molecular weight excluding hydrogens is 425 g/mol. The zero-order chi connectivity index (χ0) is 20.4. The number of nitrogens with one attached hydrogen (secondary N) is 1. The molecule has 0 amide bonds. The van der Waals surface area contributed by atoms with E-state index in [9.17, 15) is 13.5 Å². The first-order chi connectivity index (χ1) is 14.0. The summed E-state index contributed by atoms with van der Waals surface area (Å²) in [6.45, 7) is 1.18. The highest BCUT2D eigenvalue weighted by Crippen LogP contribution is 2.64. The molecule has 8 heteroatoms. The molecule has 30 heavy (non-hydrogen) atoms. The monoisotopic (exact) mass is 449 g/mol. The van der Waals surface area contributed by atoms with Crippen LogP contribution in [0.2, 0.25) is 0 Å². The molecule has 1 aliphatic heterocycles. The van der Waals surface area contributed by atoms with E-state index < -0.39 is 16.8 Å². The van der Waals surface area contributed by atoms with Gasteiger partial charge in [0.15, 0.2) is 0 Å². The lowest BCUT2D eigenvalue weighted by molar-refractivity contribution is 0.482. The van der Waals surface area contributed by atoms with Crippen LogP contribution < -0.4 is 13.9 Å². The summed E-state index contributed by atoms with van der Waals surface area (Å²) in [6.07, 6.45) is 0.720. The number of fused-ring (bicyclic) bond motifs is 1. The Hall–Kier alpha value is -2.29. The smallest absolute Gasteiger partial charge is 0.148 e. The van der Waals surface area contributed by atoms with Crippen LogP contribution in [0.4, 0.5) is 21.5 Å². The summed E-state index contributed by atoms with van der Waals surface area (Å²) in [5, 5.41) is 3.07. The van der Waals surface area contributed by atoms with Gasteiger partial charge in [0.05, 0.1) is 11.4 Å². The van der Waals surface area contributed by atoms with E-state index in [-0.39, 0.29) is 18.1 Å². The Morgan fingerprint density at radius 2 is 1.57 bits per heavy atom. The molecule has 0 radical (unpaired) electrons. The summed E-state index contributed by atoms with van der Waals surface area (Å²) in [5.74, 6) is -0.499. The van der Waals surface area contributed by atoms with Gasteiger partial charge in [-0.15, -0.1) is 12.4 Å². The van der Waals surface area contributed by atoms with E-state index in [2.05, 4.69) is 5.32 Å². The maximum Gasteiger partial charge on any atom is 0.148 e. The number of nitrogens with zero attached hydrogens (tertiary/aromatic N) is 2. The molecule has 0 aromatic heterocycles. The van der Waals surface area contributed by atoms with Gasteiger partial charge in [-0.2, -0.15) is 0 Å². The van der Waals surface area contributed by atoms with Gasteiger partial charge < -0.3 is 5.32 Å². The van der Waals surface area contributed by atoms with Crippen molar-refractivity contribution in [2.45, 2.75) is 6.42 Å². The first kappa shape index (κ1) is 22.4. The minimum absolute atomic E-state index is 0. The topological polar surface area (TPSA) is 59.0 Å². The van der Waals surface area contributed by atoms with Crippen molar-refractivity contribution in [3.05, 3.63) is 78.6 Å². The zero-order valence-corrected chi connectivity index (χ0v) is 18.2. The highest BCUT2D eigenvalue weighted by atomic mass is 35.5. The highest BCUT2D eigenvalue weighted by molar-refractivity contribution is 8.27. The predicted molar refractivity (Wildman–Crippen MR) is 126 cm³/mol. The van der Waals surface area contributed by atoms with Gasteiger partial charge in [0.1, 0.15) is 11.5 Å². The Balaban J connectivity index is 0.00000256. The minimum Gasteiger partial charge on any atom is -0.320 e. The molecule has 3 N–H and O–H groups in total. The fraction of sp³-hybridized carbons (Fsp3) is 0.182. The van der Waals surface area contributed by atoms with E-state index in [1.807, 2.05) is 55.6 Å². The molecule has 3 aromatic carbocycles. The molecular formula is C22H25ClFN3O2S. The highest BCUT2D eigenvalue weighted by Gasteiger charge is 2.42. The van der Waals surface area contributed by atoms with Crippen molar-refractivity contribution < 1.29 is 13.5 Å². The number of hydrogen-bond acceptors (Lipinski definition) is 5. The van der Waals surface area contributed by atoms with E-state index in [0.717, 1.165) is 24.1 Å². The Labute approximate surface area is 184 Å². The van der Waals surface area contributed by atoms with E-state index >= 15 is 0 Å². The number of rotatable bonds is 6. The van der Waals surface area contributed by atoms with Gasteiger partial charge in [-0.05, 0) is 66.4 Å². The maximum atomic E-state index is 14.7. The SMILES string of the molecule is CNCCCN1c2ccc(-c3ccccc3)cc2N(c2ccccc2F)S1(O)O.Cl. The average Bonchev–Trinajstić information content (AvgIpc) is 2.95. The van der Waals surface area contributed by atoms with Crippen LogP contribution in [0.25, 0.3) is 11.1 Å².